The van der Waals surface area contributed by atoms with Crippen LogP contribution < -0.4 is 11.5 Å². The summed E-state index contributed by atoms with van der Waals surface area (Å²) in [6, 6.07) is 11.5. The van der Waals surface area contributed by atoms with Crippen LogP contribution in [0.3, 0.4) is 0 Å². The third-order valence-corrected chi connectivity index (χ3v) is 2.73. The summed E-state index contributed by atoms with van der Waals surface area (Å²) >= 11 is 0. The highest BCUT2D eigenvalue weighted by Crippen LogP contribution is 2.26. The number of fused-ring (bicyclic) bond motifs is 3. The molecule has 0 aliphatic rings. The summed E-state index contributed by atoms with van der Waals surface area (Å²) < 4.78 is 0. The molecule has 0 fully saturated rings. The number of nitrogen functional groups attached to an aromatic ring is 2. The Hall–Kier alpha value is -2.29. The molecule has 78 valence electrons. The molecule has 0 radical (unpaired) electrons. The molecule has 0 amide bonds. The summed E-state index contributed by atoms with van der Waals surface area (Å²) in [5.41, 5.74) is 14.0. The van der Waals surface area contributed by atoms with Gasteiger partial charge < -0.3 is 11.5 Å². The highest BCUT2D eigenvalue weighted by Gasteiger charge is 2.02. The number of nitrogens with two attached hydrogens (primary N) is 2. The molecule has 4 N–H and O–H groups in total. The fraction of sp³-hybridized carbons (Fsp3) is 0. The number of nitrogens with zero attached hydrogens (tertiary/aromatic N) is 1. The Morgan fingerprint density at radius 3 is 2.31 bits per heavy atom. The minimum Gasteiger partial charge on any atom is -0.399 e. The van der Waals surface area contributed by atoms with Crippen molar-refractivity contribution in [3.05, 3.63) is 42.6 Å². The zero-order valence-electron chi connectivity index (χ0n) is 8.64. The smallest absolute Gasteiger partial charge is 0.0709 e. The van der Waals surface area contributed by atoms with Crippen LogP contribution >= 0.6 is 0 Å². The fourth-order valence-electron chi connectivity index (χ4n) is 1.94. The normalized spacial score (nSPS) is 11.0. The highest BCUT2D eigenvalue weighted by molar-refractivity contribution is 6.07. The molecule has 16 heavy (non-hydrogen) atoms. The minimum atomic E-state index is 0.740. The first-order valence-corrected chi connectivity index (χ1v) is 5.07. The van der Waals surface area contributed by atoms with Crippen molar-refractivity contribution in [1.29, 1.82) is 0 Å². The molecule has 3 nitrogen and oxygen atoms in total. The molecule has 3 heteroatoms. The topological polar surface area (TPSA) is 64.9 Å². The molecule has 3 aromatic rings. The van der Waals surface area contributed by atoms with Crippen molar-refractivity contribution in [3.8, 4) is 0 Å². The van der Waals surface area contributed by atoms with Gasteiger partial charge in [0, 0.05) is 28.3 Å². The van der Waals surface area contributed by atoms with Crippen molar-refractivity contribution in [3.63, 3.8) is 0 Å². The predicted molar refractivity (Wildman–Crippen MR) is 68.1 cm³/mol. The van der Waals surface area contributed by atoms with Crippen molar-refractivity contribution in [2.45, 2.75) is 0 Å². The van der Waals surface area contributed by atoms with Crippen molar-refractivity contribution >= 4 is 33.1 Å². The van der Waals surface area contributed by atoms with Crippen LogP contribution in [0.2, 0.25) is 0 Å². The average molecular weight is 209 g/mol. The lowest BCUT2D eigenvalue weighted by molar-refractivity contribution is 1.44. The number of rotatable bonds is 0. The lowest BCUT2D eigenvalue weighted by atomic mass is 10.1. The molecule has 0 aliphatic heterocycles. The number of pyridine rings is 1. The quantitative estimate of drug-likeness (QED) is 0.441. The summed E-state index contributed by atoms with van der Waals surface area (Å²) in [6.07, 6.45) is 1.85. The van der Waals surface area contributed by atoms with Gasteiger partial charge in [-0.2, -0.15) is 0 Å². The second kappa shape index (κ2) is 3.10. The van der Waals surface area contributed by atoms with Crippen LogP contribution in [0.4, 0.5) is 11.4 Å². The van der Waals surface area contributed by atoms with Gasteiger partial charge in [-0.3, -0.25) is 4.98 Å². The van der Waals surface area contributed by atoms with Crippen LogP contribution in [-0.4, -0.2) is 4.98 Å². The monoisotopic (exact) mass is 209 g/mol. The van der Waals surface area contributed by atoms with E-state index in [4.69, 9.17) is 11.5 Å². The Labute approximate surface area is 92.7 Å². The predicted octanol–water partition coefficient (Wildman–Crippen LogP) is 2.55. The van der Waals surface area contributed by atoms with E-state index in [-0.39, 0.29) is 0 Å². The summed E-state index contributed by atoms with van der Waals surface area (Å²) in [5.74, 6) is 0. The van der Waals surface area contributed by atoms with E-state index in [1.54, 1.807) is 0 Å². The van der Waals surface area contributed by atoms with Crippen LogP contribution in [0.25, 0.3) is 21.7 Å². The first kappa shape index (κ1) is 8.97. The van der Waals surface area contributed by atoms with Gasteiger partial charge >= 0.3 is 0 Å². The molecular weight excluding hydrogens is 198 g/mol. The highest BCUT2D eigenvalue weighted by atomic mass is 14.7. The Balaban J connectivity index is 2.55. The zero-order chi connectivity index (χ0) is 11.1. The minimum absolute atomic E-state index is 0.740. The van der Waals surface area contributed by atoms with E-state index in [1.165, 1.54) is 0 Å². The molecule has 0 aliphatic carbocycles. The second-order valence-electron chi connectivity index (χ2n) is 3.88. The fourth-order valence-corrected chi connectivity index (χ4v) is 1.94. The number of hydrogen-bond acceptors (Lipinski definition) is 3. The van der Waals surface area contributed by atoms with Gasteiger partial charge in [0.2, 0.25) is 0 Å². The van der Waals surface area contributed by atoms with Crippen LogP contribution in [0.5, 0.6) is 0 Å². The average Bonchev–Trinajstić information content (AvgIpc) is 2.29. The SMILES string of the molecule is Nc1ccc2cnc3ccc(N)cc3c2c1. The lowest BCUT2D eigenvalue weighted by Crippen LogP contribution is -1.89. The summed E-state index contributed by atoms with van der Waals surface area (Å²) in [7, 11) is 0. The second-order valence-corrected chi connectivity index (χ2v) is 3.88. The number of benzene rings is 2. The van der Waals surface area contributed by atoms with Gasteiger partial charge in [0.1, 0.15) is 0 Å². The summed E-state index contributed by atoms with van der Waals surface area (Å²) in [4.78, 5) is 4.38. The Kier molecular flexibility index (Phi) is 1.74. The summed E-state index contributed by atoms with van der Waals surface area (Å²) in [5, 5.41) is 3.22. The van der Waals surface area contributed by atoms with Gasteiger partial charge in [-0.25, -0.2) is 0 Å². The molecule has 0 saturated heterocycles. The molecule has 1 heterocycles. The van der Waals surface area contributed by atoms with E-state index in [0.29, 0.717) is 0 Å². The Bertz CT molecular complexity index is 628. The first-order valence-electron chi connectivity index (χ1n) is 5.07. The Morgan fingerprint density at radius 1 is 0.812 bits per heavy atom. The van der Waals surface area contributed by atoms with Crippen molar-refractivity contribution in [1.82, 2.24) is 4.98 Å². The van der Waals surface area contributed by atoms with E-state index in [2.05, 4.69) is 4.98 Å². The Morgan fingerprint density at radius 2 is 1.50 bits per heavy atom. The van der Waals surface area contributed by atoms with E-state index < -0.39 is 0 Å². The molecule has 3 rings (SSSR count). The maximum atomic E-state index is 5.80. The summed E-state index contributed by atoms with van der Waals surface area (Å²) in [6.45, 7) is 0. The standard InChI is InChI=1S/C13H11N3/c14-9-2-1-8-7-16-13-4-3-10(15)6-12(13)11(8)5-9/h1-7H,14-15H2. The van der Waals surface area contributed by atoms with Gasteiger partial charge in [-0.05, 0) is 35.7 Å². The molecule has 0 bridgehead atoms. The van der Waals surface area contributed by atoms with E-state index in [9.17, 15) is 0 Å². The maximum absolute atomic E-state index is 5.80. The van der Waals surface area contributed by atoms with Crippen molar-refractivity contribution in [2.24, 2.45) is 0 Å². The van der Waals surface area contributed by atoms with Crippen LogP contribution in [0, 0.1) is 0 Å². The van der Waals surface area contributed by atoms with Crippen molar-refractivity contribution in [2.75, 3.05) is 11.5 Å². The number of aromatic nitrogens is 1. The molecule has 0 atom stereocenters. The molecule has 0 unspecified atom stereocenters. The van der Waals surface area contributed by atoms with E-state index in [1.807, 2.05) is 42.6 Å². The van der Waals surface area contributed by atoms with Crippen LogP contribution in [-0.2, 0) is 0 Å². The number of anilines is 2. The van der Waals surface area contributed by atoms with E-state index in [0.717, 1.165) is 33.1 Å². The van der Waals surface area contributed by atoms with Gasteiger partial charge in [-0.15, -0.1) is 0 Å². The third-order valence-electron chi connectivity index (χ3n) is 2.73. The molecular formula is C13H11N3. The molecule has 2 aromatic carbocycles. The molecule has 0 spiro atoms. The van der Waals surface area contributed by atoms with Gasteiger partial charge in [0.15, 0.2) is 0 Å². The van der Waals surface area contributed by atoms with Gasteiger partial charge in [0.05, 0.1) is 5.52 Å². The largest absolute Gasteiger partial charge is 0.399 e. The molecule has 1 aromatic heterocycles. The lowest BCUT2D eigenvalue weighted by Gasteiger charge is -2.04. The van der Waals surface area contributed by atoms with Crippen molar-refractivity contribution < 1.29 is 0 Å². The van der Waals surface area contributed by atoms with Crippen LogP contribution in [0.15, 0.2) is 42.6 Å². The number of hydrogen-bond donors (Lipinski definition) is 2. The van der Waals surface area contributed by atoms with Gasteiger partial charge in [0.25, 0.3) is 0 Å². The van der Waals surface area contributed by atoms with Gasteiger partial charge in [-0.1, -0.05) is 6.07 Å². The zero-order valence-corrected chi connectivity index (χ0v) is 8.64. The first-order chi connectivity index (χ1) is 7.74. The maximum Gasteiger partial charge on any atom is 0.0709 e. The van der Waals surface area contributed by atoms with Crippen LogP contribution in [0.1, 0.15) is 0 Å². The third kappa shape index (κ3) is 1.26. The van der Waals surface area contributed by atoms with E-state index >= 15 is 0 Å². The molecule has 0 saturated carbocycles.